The molecule has 0 radical (unpaired) electrons. The summed E-state index contributed by atoms with van der Waals surface area (Å²) in [5.41, 5.74) is 1.71. The van der Waals surface area contributed by atoms with Gasteiger partial charge in [0, 0.05) is 46.4 Å². The van der Waals surface area contributed by atoms with E-state index in [4.69, 9.17) is 5.10 Å². The molecule has 1 saturated heterocycles. The zero-order valence-corrected chi connectivity index (χ0v) is 17.3. The zero-order chi connectivity index (χ0) is 19.6. The van der Waals surface area contributed by atoms with Crippen molar-refractivity contribution in [1.82, 2.24) is 14.7 Å². The number of nitrogens with one attached hydrogen (secondary N) is 1. The standard InChI is InChI=1S/C20H28N4O2S/c1-15-14-27(26)11-10-23(15)13-19(25)21-18-12-17(20(2,3)4)22-24(18)16-8-6-5-7-9-16/h5-9,12,15H,10-11,13-14H2,1-4H3,(H,21,25)/t15-,27+/m1/s1. The summed E-state index contributed by atoms with van der Waals surface area (Å²) in [7, 11) is -0.767. The van der Waals surface area contributed by atoms with Gasteiger partial charge >= 0.3 is 0 Å². The van der Waals surface area contributed by atoms with E-state index in [1.807, 2.05) is 43.3 Å². The Morgan fingerprint density at radius 3 is 2.63 bits per heavy atom. The summed E-state index contributed by atoms with van der Waals surface area (Å²) in [4.78, 5) is 14.8. The van der Waals surface area contributed by atoms with Gasteiger partial charge in [-0.05, 0) is 19.1 Å². The highest BCUT2D eigenvalue weighted by atomic mass is 32.2. The lowest BCUT2D eigenvalue weighted by atomic mass is 9.92. The van der Waals surface area contributed by atoms with Gasteiger partial charge in [-0.1, -0.05) is 39.0 Å². The molecular formula is C20H28N4O2S. The minimum atomic E-state index is -0.767. The highest BCUT2D eigenvalue weighted by molar-refractivity contribution is 7.85. The first-order valence-electron chi connectivity index (χ1n) is 9.29. The van der Waals surface area contributed by atoms with Gasteiger partial charge in [0.1, 0.15) is 5.82 Å². The molecule has 0 saturated carbocycles. The van der Waals surface area contributed by atoms with Gasteiger partial charge in [-0.2, -0.15) is 5.10 Å². The van der Waals surface area contributed by atoms with Crippen LogP contribution in [0.1, 0.15) is 33.4 Å². The fourth-order valence-electron chi connectivity index (χ4n) is 3.10. The lowest BCUT2D eigenvalue weighted by Gasteiger charge is -2.32. The second-order valence-electron chi connectivity index (χ2n) is 8.09. The predicted molar refractivity (Wildman–Crippen MR) is 110 cm³/mol. The Morgan fingerprint density at radius 1 is 1.30 bits per heavy atom. The average Bonchev–Trinajstić information content (AvgIpc) is 3.02. The van der Waals surface area contributed by atoms with E-state index in [1.54, 1.807) is 4.68 Å². The molecule has 2 atom stereocenters. The molecule has 1 aromatic heterocycles. The van der Waals surface area contributed by atoms with Crippen molar-refractivity contribution in [2.75, 3.05) is 29.9 Å². The molecule has 1 N–H and O–H groups in total. The zero-order valence-electron chi connectivity index (χ0n) is 16.4. The number of benzene rings is 1. The molecule has 2 heterocycles. The van der Waals surface area contributed by atoms with Crippen LogP contribution >= 0.6 is 0 Å². The van der Waals surface area contributed by atoms with E-state index >= 15 is 0 Å². The number of para-hydroxylation sites is 1. The third-order valence-corrected chi connectivity index (χ3v) is 6.24. The van der Waals surface area contributed by atoms with Crippen molar-refractivity contribution in [3.05, 3.63) is 42.1 Å². The van der Waals surface area contributed by atoms with Crippen molar-refractivity contribution in [2.24, 2.45) is 0 Å². The number of hydrogen-bond acceptors (Lipinski definition) is 4. The van der Waals surface area contributed by atoms with E-state index in [2.05, 4.69) is 31.0 Å². The Morgan fingerprint density at radius 2 is 2.00 bits per heavy atom. The number of carbonyl (C=O) groups is 1. The number of hydrogen-bond donors (Lipinski definition) is 1. The lowest BCUT2D eigenvalue weighted by Crippen LogP contribution is -2.48. The topological polar surface area (TPSA) is 67.2 Å². The van der Waals surface area contributed by atoms with Gasteiger partial charge in [0.2, 0.25) is 5.91 Å². The van der Waals surface area contributed by atoms with Gasteiger partial charge in [-0.25, -0.2) is 4.68 Å². The van der Waals surface area contributed by atoms with Crippen LogP contribution in [0.15, 0.2) is 36.4 Å². The average molecular weight is 389 g/mol. The smallest absolute Gasteiger partial charge is 0.239 e. The van der Waals surface area contributed by atoms with Crippen LogP contribution in [-0.4, -0.2) is 55.4 Å². The number of aromatic nitrogens is 2. The molecule has 27 heavy (non-hydrogen) atoms. The van der Waals surface area contributed by atoms with Crippen LogP contribution in [-0.2, 0) is 21.0 Å². The van der Waals surface area contributed by atoms with Crippen LogP contribution in [0.25, 0.3) is 5.69 Å². The first kappa shape index (κ1) is 19.8. The Hall–Kier alpha value is -1.99. The number of rotatable bonds is 4. The fraction of sp³-hybridized carbons (Fsp3) is 0.500. The van der Waals surface area contributed by atoms with Crippen molar-refractivity contribution in [2.45, 2.75) is 39.2 Å². The highest BCUT2D eigenvalue weighted by Crippen LogP contribution is 2.26. The maximum atomic E-state index is 12.7. The van der Waals surface area contributed by atoms with Crippen LogP contribution in [0, 0.1) is 0 Å². The van der Waals surface area contributed by atoms with Crippen molar-refractivity contribution in [3.63, 3.8) is 0 Å². The minimum absolute atomic E-state index is 0.0768. The third-order valence-electron chi connectivity index (χ3n) is 4.75. The Balaban J connectivity index is 1.80. The maximum absolute atomic E-state index is 12.7. The quantitative estimate of drug-likeness (QED) is 0.874. The van der Waals surface area contributed by atoms with Gasteiger partial charge < -0.3 is 5.32 Å². The van der Waals surface area contributed by atoms with Crippen LogP contribution in [0.4, 0.5) is 5.82 Å². The summed E-state index contributed by atoms with van der Waals surface area (Å²) >= 11 is 0. The van der Waals surface area contributed by atoms with E-state index in [1.165, 1.54) is 0 Å². The Bertz CT molecular complexity index is 826. The highest BCUT2D eigenvalue weighted by Gasteiger charge is 2.26. The number of carbonyl (C=O) groups excluding carboxylic acids is 1. The molecule has 1 fully saturated rings. The lowest BCUT2D eigenvalue weighted by molar-refractivity contribution is -0.117. The van der Waals surface area contributed by atoms with Crippen LogP contribution in [0.5, 0.6) is 0 Å². The summed E-state index contributed by atoms with van der Waals surface area (Å²) in [6.07, 6.45) is 0. The monoisotopic (exact) mass is 388 g/mol. The second-order valence-corrected chi connectivity index (χ2v) is 9.71. The SMILES string of the molecule is C[C@@H]1C[S@@](=O)CCN1CC(=O)Nc1cc(C(C)(C)C)nn1-c1ccccc1. The van der Waals surface area contributed by atoms with Gasteiger partial charge in [0.25, 0.3) is 0 Å². The van der Waals surface area contributed by atoms with Crippen molar-refractivity contribution < 1.29 is 9.00 Å². The molecule has 0 bridgehead atoms. The number of anilines is 1. The Kier molecular flexibility index (Phi) is 5.81. The van der Waals surface area contributed by atoms with E-state index in [0.717, 1.165) is 11.4 Å². The third kappa shape index (κ3) is 4.84. The van der Waals surface area contributed by atoms with Crippen LogP contribution in [0.3, 0.4) is 0 Å². The van der Waals surface area contributed by atoms with Crippen LogP contribution in [0.2, 0.25) is 0 Å². The fourth-order valence-corrected chi connectivity index (χ4v) is 4.46. The summed E-state index contributed by atoms with van der Waals surface area (Å²) in [5, 5.41) is 7.75. The van der Waals surface area contributed by atoms with Crippen molar-refractivity contribution >= 4 is 22.5 Å². The number of amides is 1. The van der Waals surface area contributed by atoms with Gasteiger partial charge in [-0.15, -0.1) is 0 Å². The van der Waals surface area contributed by atoms with E-state index < -0.39 is 10.8 Å². The molecule has 146 valence electrons. The summed E-state index contributed by atoms with van der Waals surface area (Å²) < 4.78 is 13.5. The van der Waals surface area contributed by atoms with E-state index in [0.29, 0.717) is 30.4 Å². The van der Waals surface area contributed by atoms with Crippen LogP contribution < -0.4 is 5.32 Å². The van der Waals surface area contributed by atoms with E-state index in [9.17, 15) is 9.00 Å². The van der Waals surface area contributed by atoms with Gasteiger partial charge in [0.05, 0.1) is 17.9 Å². The molecule has 0 aliphatic carbocycles. The summed E-state index contributed by atoms with van der Waals surface area (Å²) in [5.74, 6) is 1.85. The molecule has 1 aliphatic heterocycles. The van der Waals surface area contributed by atoms with Gasteiger partial charge in [0.15, 0.2) is 0 Å². The molecule has 7 heteroatoms. The molecule has 0 spiro atoms. The molecule has 2 aromatic rings. The molecule has 1 aromatic carbocycles. The second kappa shape index (κ2) is 7.94. The largest absolute Gasteiger partial charge is 0.309 e. The van der Waals surface area contributed by atoms with Crippen molar-refractivity contribution in [3.8, 4) is 5.69 Å². The molecule has 1 aliphatic rings. The molecule has 3 rings (SSSR count). The first-order chi connectivity index (χ1) is 12.7. The minimum Gasteiger partial charge on any atom is -0.309 e. The summed E-state index contributed by atoms with van der Waals surface area (Å²) in [6.45, 7) is 9.31. The first-order valence-corrected chi connectivity index (χ1v) is 10.8. The molecule has 0 unspecified atom stereocenters. The van der Waals surface area contributed by atoms with Crippen molar-refractivity contribution in [1.29, 1.82) is 0 Å². The normalized spacial score (nSPS) is 21.2. The number of nitrogens with zero attached hydrogens (tertiary/aromatic N) is 3. The maximum Gasteiger partial charge on any atom is 0.239 e. The van der Waals surface area contributed by atoms with Gasteiger partial charge in [-0.3, -0.25) is 13.9 Å². The predicted octanol–water partition coefficient (Wildman–Crippen LogP) is 2.56. The summed E-state index contributed by atoms with van der Waals surface area (Å²) in [6, 6.07) is 11.9. The molecule has 1 amide bonds. The molecule has 6 nitrogen and oxygen atoms in total. The molecular weight excluding hydrogens is 360 g/mol. The Labute approximate surface area is 163 Å². The van der Waals surface area contributed by atoms with E-state index in [-0.39, 0.29) is 17.4 Å².